The van der Waals surface area contributed by atoms with Crippen molar-refractivity contribution >= 4 is 5.97 Å². The molecule has 1 heterocycles. The van der Waals surface area contributed by atoms with Crippen molar-refractivity contribution in [2.75, 3.05) is 33.4 Å². The highest BCUT2D eigenvalue weighted by Crippen LogP contribution is 2.05. The number of esters is 1. The summed E-state index contributed by atoms with van der Waals surface area (Å²) in [6, 6.07) is 3.37. The number of nitrogens with zero attached hydrogens (tertiary/aromatic N) is 2. The van der Waals surface area contributed by atoms with E-state index in [0.29, 0.717) is 25.2 Å². The Morgan fingerprint density at radius 2 is 2.00 bits per heavy atom. The largest absolute Gasteiger partial charge is 0.465 e. The molecule has 0 spiro atoms. The van der Waals surface area contributed by atoms with Gasteiger partial charge in [0.2, 0.25) is 0 Å². The Labute approximate surface area is 106 Å². The Balaban J connectivity index is 2.63. The van der Waals surface area contributed by atoms with E-state index >= 15 is 0 Å². The van der Waals surface area contributed by atoms with Crippen LogP contribution in [0.1, 0.15) is 16.1 Å². The molecule has 0 aliphatic carbocycles. The summed E-state index contributed by atoms with van der Waals surface area (Å²) < 4.78 is 4.58. The number of carbonyl (C=O) groups is 1. The highest BCUT2D eigenvalue weighted by Gasteiger charge is 2.08. The summed E-state index contributed by atoms with van der Waals surface area (Å²) in [4.78, 5) is 17.2. The maximum Gasteiger partial charge on any atom is 0.339 e. The third kappa shape index (κ3) is 4.40. The van der Waals surface area contributed by atoms with Crippen molar-refractivity contribution in [3.05, 3.63) is 29.6 Å². The van der Waals surface area contributed by atoms with E-state index in [1.54, 1.807) is 12.1 Å². The average Bonchev–Trinajstić information content (AvgIpc) is 2.39. The number of pyridine rings is 1. The number of aromatic nitrogens is 1. The van der Waals surface area contributed by atoms with Gasteiger partial charge in [-0.05, 0) is 12.1 Å². The number of hydrogen-bond donors (Lipinski definition) is 2. The lowest BCUT2D eigenvalue weighted by molar-refractivity contribution is 0.0600. The van der Waals surface area contributed by atoms with Gasteiger partial charge in [-0.2, -0.15) is 0 Å². The van der Waals surface area contributed by atoms with Gasteiger partial charge in [0.25, 0.3) is 0 Å². The fourth-order valence-electron chi connectivity index (χ4n) is 1.54. The molecule has 0 fully saturated rings. The van der Waals surface area contributed by atoms with Crippen LogP contribution in [-0.4, -0.2) is 59.5 Å². The molecular weight excluding hydrogens is 236 g/mol. The van der Waals surface area contributed by atoms with Gasteiger partial charge in [-0.1, -0.05) is 0 Å². The lowest BCUT2D eigenvalue weighted by atomic mass is 10.2. The summed E-state index contributed by atoms with van der Waals surface area (Å²) in [6.07, 6.45) is 1.46. The zero-order valence-electron chi connectivity index (χ0n) is 10.4. The zero-order chi connectivity index (χ0) is 13.4. The number of ether oxygens (including phenoxy) is 1. The maximum absolute atomic E-state index is 11.2. The number of methoxy groups -OCH3 is 1. The molecule has 1 aromatic heterocycles. The van der Waals surface area contributed by atoms with Gasteiger partial charge in [0.1, 0.15) is 0 Å². The van der Waals surface area contributed by atoms with E-state index in [4.69, 9.17) is 10.2 Å². The van der Waals surface area contributed by atoms with Crippen molar-refractivity contribution in [1.82, 2.24) is 9.88 Å². The number of hydrogen-bond acceptors (Lipinski definition) is 6. The molecule has 2 N–H and O–H groups in total. The van der Waals surface area contributed by atoms with Crippen molar-refractivity contribution < 1.29 is 19.7 Å². The molecular formula is C12H18N2O4. The molecule has 0 amide bonds. The smallest absolute Gasteiger partial charge is 0.339 e. The minimum atomic E-state index is -0.420. The summed E-state index contributed by atoms with van der Waals surface area (Å²) in [5.41, 5.74) is 1.17. The van der Waals surface area contributed by atoms with E-state index in [-0.39, 0.29) is 13.2 Å². The molecule has 0 bridgehead atoms. The van der Waals surface area contributed by atoms with Gasteiger partial charge in [-0.25, -0.2) is 4.79 Å². The molecule has 6 nitrogen and oxygen atoms in total. The lowest BCUT2D eigenvalue weighted by Crippen LogP contribution is -2.29. The number of carbonyl (C=O) groups excluding carboxylic acids is 1. The van der Waals surface area contributed by atoms with E-state index in [1.165, 1.54) is 13.3 Å². The van der Waals surface area contributed by atoms with Crippen LogP contribution in [0.2, 0.25) is 0 Å². The van der Waals surface area contributed by atoms with Gasteiger partial charge < -0.3 is 14.9 Å². The lowest BCUT2D eigenvalue weighted by Gasteiger charge is -2.19. The predicted molar refractivity (Wildman–Crippen MR) is 65.0 cm³/mol. The van der Waals surface area contributed by atoms with Gasteiger partial charge in [0.05, 0.1) is 31.6 Å². The number of aliphatic hydroxyl groups excluding tert-OH is 2. The van der Waals surface area contributed by atoms with Crippen LogP contribution in [-0.2, 0) is 11.3 Å². The van der Waals surface area contributed by atoms with Crippen LogP contribution in [0.5, 0.6) is 0 Å². The van der Waals surface area contributed by atoms with Gasteiger partial charge >= 0.3 is 5.97 Å². The second kappa shape index (κ2) is 7.75. The van der Waals surface area contributed by atoms with E-state index in [9.17, 15) is 4.79 Å². The van der Waals surface area contributed by atoms with Crippen LogP contribution >= 0.6 is 0 Å². The molecule has 0 atom stereocenters. The Morgan fingerprint density at radius 1 is 1.33 bits per heavy atom. The molecule has 0 aromatic carbocycles. The molecule has 1 aromatic rings. The maximum atomic E-state index is 11.2. The van der Waals surface area contributed by atoms with Crippen molar-refractivity contribution in [2.45, 2.75) is 6.54 Å². The molecule has 1 rings (SSSR count). The quantitative estimate of drug-likeness (QED) is 0.647. The third-order valence-electron chi connectivity index (χ3n) is 2.46. The molecule has 18 heavy (non-hydrogen) atoms. The first kappa shape index (κ1) is 14.6. The van der Waals surface area contributed by atoms with E-state index in [0.717, 1.165) is 5.69 Å². The fourth-order valence-corrected chi connectivity index (χ4v) is 1.54. The first-order valence-corrected chi connectivity index (χ1v) is 5.68. The van der Waals surface area contributed by atoms with Crippen molar-refractivity contribution in [3.8, 4) is 0 Å². The molecule has 0 aliphatic rings. The van der Waals surface area contributed by atoms with Crippen LogP contribution in [0.15, 0.2) is 18.3 Å². The third-order valence-corrected chi connectivity index (χ3v) is 2.46. The van der Waals surface area contributed by atoms with Crippen LogP contribution in [0.25, 0.3) is 0 Å². The van der Waals surface area contributed by atoms with E-state index in [1.807, 2.05) is 4.90 Å². The van der Waals surface area contributed by atoms with Crippen molar-refractivity contribution in [2.24, 2.45) is 0 Å². The van der Waals surface area contributed by atoms with Gasteiger partial charge in [0, 0.05) is 25.8 Å². The first-order valence-electron chi connectivity index (χ1n) is 5.68. The molecule has 0 unspecified atom stereocenters. The standard InChI is InChI=1S/C12H18N2O4/c1-18-12(17)10-2-3-11(13-8-10)9-14(4-6-15)5-7-16/h2-3,8,15-16H,4-7,9H2,1H3. The monoisotopic (exact) mass is 254 g/mol. The van der Waals surface area contributed by atoms with Gasteiger partial charge in [-0.3, -0.25) is 9.88 Å². The first-order chi connectivity index (χ1) is 8.71. The number of rotatable bonds is 7. The van der Waals surface area contributed by atoms with Crippen LogP contribution in [0, 0.1) is 0 Å². The Kier molecular flexibility index (Phi) is 6.27. The molecule has 0 saturated heterocycles. The highest BCUT2D eigenvalue weighted by atomic mass is 16.5. The Morgan fingerprint density at radius 3 is 2.44 bits per heavy atom. The molecule has 100 valence electrons. The summed E-state index contributed by atoms with van der Waals surface area (Å²) in [5, 5.41) is 17.8. The second-order valence-electron chi connectivity index (χ2n) is 3.75. The predicted octanol–water partition coefficient (Wildman–Crippen LogP) is -0.345. The van der Waals surface area contributed by atoms with Crippen LogP contribution in [0.3, 0.4) is 0 Å². The summed E-state index contributed by atoms with van der Waals surface area (Å²) in [6.45, 7) is 1.52. The topological polar surface area (TPSA) is 82.9 Å². The van der Waals surface area contributed by atoms with Gasteiger partial charge in [0.15, 0.2) is 0 Å². The minimum absolute atomic E-state index is 0.0280. The Hall–Kier alpha value is -1.50. The second-order valence-corrected chi connectivity index (χ2v) is 3.75. The zero-order valence-corrected chi connectivity index (χ0v) is 10.4. The molecule has 6 heteroatoms. The molecule has 0 aliphatic heterocycles. The molecule has 0 saturated carbocycles. The average molecular weight is 254 g/mol. The normalized spacial score (nSPS) is 10.7. The number of aliphatic hydroxyl groups is 2. The van der Waals surface area contributed by atoms with Crippen LogP contribution < -0.4 is 0 Å². The highest BCUT2D eigenvalue weighted by molar-refractivity contribution is 5.88. The van der Waals surface area contributed by atoms with Gasteiger partial charge in [-0.15, -0.1) is 0 Å². The fraction of sp³-hybridized carbons (Fsp3) is 0.500. The summed E-state index contributed by atoms with van der Waals surface area (Å²) in [7, 11) is 1.32. The minimum Gasteiger partial charge on any atom is -0.465 e. The van der Waals surface area contributed by atoms with Crippen molar-refractivity contribution in [1.29, 1.82) is 0 Å². The van der Waals surface area contributed by atoms with Crippen LogP contribution in [0.4, 0.5) is 0 Å². The molecule has 0 radical (unpaired) electrons. The van der Waals surface area contributed by atoms with E-state index in [2.05, 4.69) is 9.72 Å². The SMILES string of the molecule is COC(=O)c1ccc(CN(CCO)CCO)nc1. The summed E-state index contributed by atoms with van der Waals surface area (Å²) >= 11 is 0. The summed E-state index contributed by atoms with van der Waals surface area (Å²) in [5.74, 6) is -0.420. The Bertz CT molecular complexity index is 361. The van der Waals surface area contributed by atoms with Crippen molar-refractivity contribution in [3.63, 3.8) is 0 Å². The van der Waals surface area contributed by atoms with E-state index < -0.39 is 5.97 Å².